The molecule has 1 saturated heterocycles. The molecule has 9 heteroatoms. The quantitative estimate of drug-likeness (QED) is 0.265. The number of benzene rings is 2. The van der Waals surface area contributed by atoms with Crippen molar-refractivity contribution in [2.75, 3.05) is 4.90 Å². The molecule has 1 aliphatic rings. The van der Waals surface area contributed by atoms with Gasteiger partial charge in [0.2, 0.25) is 11.8 Å². The summed E-state index contributed by atoms with van der Waals surface area (Å²) in [5, 5.41) is 8.46. The second-order valence-corrected chi connectivity index (χ2v) is 8.59. The number of anilines is 1. The van der Waals surface area contributed by atoms with E-state index < -0.39 is 5.25 Å². The number of fused-ring (bicyclic) bond motifs is 1. The number of amidine groups is 1. The van der Waals surface area contributed by atoms with Gasteiger partial charge < -0.3 is 5.73 Å². The van der Waals surface area contributed by atoms with Crippen LogP contribution in [0.25, 0.3) is 10.9 Å². The number of rotatable bonds is 4. The fraction of sp³-hybridized carbons (Fsp3) is 0.0952. The lowest BCUT2D eigenvalue weighted by atomic mass is 10.1. The maximum Gasteiger partial charge on any atom is 0.247 e. The van der Waals surface area contributed by atoms with E-state index in [9.17, 15) is 9.59 Å². The number of pyridine rings is 1. The predicted octanol–water partition coefficient (Wildman–Crippen LogP) is 3.71. The van der Waals surface area contributed by atoms with Crippen LogP contribution in [0.2, 0.25) is 0 Å². The third-order valence-corrected chi connectivity index (χ3v) is 5.99. The molecule has 0 aliphatic carbocycles. The van der Waals surface area contributed by atoms with Crippen molar-refractivity contribution in [1.29, 1.82) is 0 Å². The fourth-order valence-corrected chi connectivity index (χ4v) is 4.19. The molecule has 0 unspecified atom stereocenters. The summed E-state index contributed by atoms with van der Waals surface area (Å²) in [6.45, 7) is 0. The highest BCUT2D eigenvalue weighted by Crippen LogP contribution is 2.30. The molecule has 2 N–H and O–H groups in total. The number of aromatic nitrogens is 1. The lowest BCUT2D eigenvalue weighted by Gasteiger charge is -2.14. The van der Waals surface area contributed by atoms with Gasteiger partial charge in [0.15, 0.2) is 5.17 Å². The molecule has 1 aromatic heterocycles. The van der Waals surface area contributed by atoms with Crippen LogP contribution in [0.5, 0.6) is 0 Å². The summed E-state index contributed by atoms with van der Waals surface area (Å²) in [6.07, 6.45) is 3.35. The van der Waals surface area contributed by atoms with Gasteiger partial charge in [0.1, 0.15) is 5.25 Å². The summed E-state index contributed by atoms with van der Waals surface area (Å²) in [6, 6.07) is 16.5. The van der Waals surface area contributed by atoms with E-state index in [0.29, 0.717) is 5.69 Å². The Bertz CT molecular complexity index is 1170. The Morgan fingerprint density at radius 1 is 1.17 bits per heavy atom. The van der Waals surface area contributed by atoms with Crippen LogP contribution in [-0.4, -0.2) is 33.4 Å². The van der Waals surface area contributed by atoms with Gasteiger partial charge in [0, 0.05) is 28.0 Å². The van der Waals surface area contributed by atoms with Gasteiger partial charge in [0.05, 0.1) is 17.4 Å². The van der Waals surface area contributed by atoms with Crippen molar-refractivity contribution in [2.24, 2.45) is 15.9 Å². The van der Waals surface area contributed by atoms with Crippen molar-refractivity contribution in [1.82, 2.24) is 4.98 Å². The summed E-state index contributed by atoms with van der Waals surface area (Å²) in [5.41, 5.74) is 8.19. The van der Waals surface area contributed by atoms with E-state index in [1.165, 1.54) is 4.90 Å². The van der Waals surface area contributed by atoms with Gasteiger partial charge >= 0.3 is 0 Å². The van der Waals surface area contributed by atoms with Crippen LogP contribution in [0.15, 0.2) is 75.5 Å². The van der Waals surface area contributed by atoms with Crippen LogP contribution in [0, 0.1) is 0 Å². The highest BCUT2D eigenvalue weighted by atomic mass is 79.9. The Morgan fingerprint density at radius 2 is 1.93 bits per heavy atom. The summed E-state index contributed by atoms with van der Waals surface area (Å²) in [4.78, 5) is 30.5. The summed E-state index contributed by atoms with van der Waals surface area (Å²) >= 11 is 4.38. The van der Waals surface area contributed by atoms with Gasteiger partial charge in [0.25, 0.3) is 0 Å². The minimum absolute atomic E-state index is 0.0640. The molecule has 0 radical (unpaired) electrons. The van der Waals surface area contributed by atoms with Gasteiger partial charge in [-0.3, -0.25) is 14.6 Å². The number of nitrogens with two attached hydrogens (primary N) is 1. The van der Waals surface area contributed by atoms with Gasteiger partial charge in [-0.2, -0.15) is 5.10 Å². The Morgan fingerprint density at radius 3 is 2.73 bits per heavy atom. The molecule has 2 aromatic carbocycles. The number of para-hydroxylation sites is 1. The maximum atomic E-state index is 12.7. The first kappa shape index (κ1) is 20.2. The van der Waals surface area contributed by atoms with E-state index in [1.54, 1.807) is 36.7 Å². The highest BCUT2D eigenvalue weighted by Gasteiger charge is 2.40. The van der Waals surface area contributed by atoms with E-state index in [4.69, 9.17) is 5.73 Å². The first-order chi connectivity index (χ1) is 14.5. The second-order valence-electron chi connectivity index (χ2n) is 6.45. The highest BCUT2D eigenvalue weighted by molar-refractivity contribution is 9.10. The molecule has 1 aliphatic heterocycles. The number of halogens is 1. The molecule has 4 rings (SSSR count). The molecular formula is C21H16BrN5O2S. The Labute approximate surface area is 185 Å². The predicted molar refractivity (Wildman–Crippen MR) is 124 cm³/mol. The maximum absolute atomic E-state index is 12.7. The van der Waals surface area contributed by atoms with Crippen molar-refractivity contribution in [3.8, 4) is 0 Å². The van der Waals surface area contributed by atoms with E-state index in [0.717, 1.165) is 32.7 Å². The first-order valence-corrected chi connectivity index (χ1v) is 10.7. The van der Waals surface area contributed by atoms with Gasteiger partial charge in [-0.05, 0) is 36.4 Å². The molecule has 2 amide bonds. The number of carbonyl (C=O) groups excluding carboxylic acids is 2. The monoisotopic (exact) mass is 481 g/mol. The van der Waals surface area contributed by atoms with Gasteiger partial charge in [-0.15, -0.1) is 5.10 Å². The first-order valence-electron chi connectivity index (χ1n) is 9.02. The fourth-order valence-electron chi connectivity index (χ4n) is 3.11. The molecule has 7 nitrogen and oxygen atoms in total. The normalized spacial score (nSPS) is 17.4. The van der Waals surface area contributed by atoms with Gasteiger partial charge in [-0.1, -0.05) is 45.9 Å². The van der Waals surface area contributed by atoms with Crippen LogP contribution in [0.4, 0.5) is 5.69 Å². The number of amides is 2. The molecule has 150 valence electrons. The molecule has 1 fully saturated rings. The minimum Gasteiger partial charge on any atom is -0.377 e. The SMILES string of the molecule is N/C(=N/N=C\c1ccnc2ccccc12)S[C@H]1CC(=O)N(c2ccc(Br)cc2)C1=O. The number of hydrogen-bond acceptors (Lipinski definition) is 6. The zero-order valence-electron chi connectivity index (χ0n) is 15.6. The minimum atomic E-state index is -0.623. The summed E-state index contributed by atoms with van der Waals surface area (Å²) < 4.78 is 0.868. The van der Waals surface area contributed by atoms with Crippen LogP contribution < -0.4 is 10.6 Å². The number of hydrogen-bond donors (Lipinski definition) is 1. The smallest absolute Gasteiger partial charge is 0.247 e. The van der Waals surface area contributed by atoms with Crippen LogP contribution in [-0.2, 0) is 9.59 Å². The number of nitrogens with zero attached hydrogens (tertiary/aromatic N) is 4. The van der Waals surface area contributed by atoms with E-state index >= 15 is 0 Å². The zero-order valence-corrected chi connectivity index (χ0v) is 18.0. The average molecular weight is 482 g/mol. The van der Waals surface area contributed by atoms with Gasteiger partial charge in [-0.25, -0.2) is 4.90 Å². The molecule has 1 atom stereocenters. The third kappa shape index (κ3) is 4.27. The molecule has 30 heavy (non-hydrogen) atoms. The molecule has 0 saturated carbocycles. The lowest BCUT2D eigenvalue weighted by Crippen LogP contribution is -2.31. The second kappa shape index (κ2) is 8.76. The molecule has 0 bridgehead atoms. The average Bonchev–Trinajstić information content (AvgIpc) is 3.02. The number of carbonyl (C=O) groups is 2. The van der Waals surface area contributed by atoms with Crippen molar-refractivity contribution in [2.45, 2.75) is 11.7 Å². The van der Waals surface area contributed by atoms with Crippen molar-refractivity contribution in [3.05, 3.63) is 70.8 Å². The van der Waals surface area contributed by atoms with E-state index in [-0.39, 0.29) is 23.4 Å². The summed E-state index contributed by atoms with van der Waals surface area (Å²) in [7, 11) is 0. The Hall–Kier alpha value is -3.04. The summed E-state index contributed by atoms with van der Waals surface area (Å²) in [5.74, 6) is -0.575. The van der Waals surface area contributed by atoms with E-state index in [2.05, 4.69) is 31.1 Å². The standard InChI is InChI=1S/C21H16BrN5O2S/c22-14-5-7-15(8-6-14)27-19(28)11-18(20(27)29)30-21(23)26-25-12-13-9-10-24-17-4-2-1-3-16(13)17/h1-10,12,18H,11H2,(H2,23,26)/b25-12-/t18-/m0/s1. The molecular weight excluding hydrogens is 466 g/mol. The number of imide groups is 1. The topological polar surface area (TPSA) is 101 Å². The van der Waals surface area contributed by atoms with Crippen LogP contribution in [0.3, 0.4) is 0 Å². The van der Waals surface area contributed by atoms with Crippen molar-refractivity contribution < 1.29 is 9.59 Å². The van der Waals surface area contributed by atoms with Crippen LogP contribution in [0.1, 0.15) is 12.0 Å². The zero-order chi connectivity index (χ0) is 21.1. The molecule has 2 heterocycles. The van der Waals surface area contributed by atoms with Crippen molar-refractivity contribution >= 4 is 67.5 Å². The van der Waals surface area contributed by atoms with E-state index in [1.807, 2.05) is 30.3 Å². The lowest BCUT2D eigenvalue weighted by molar-refractivity contribution is -0.121. The Kier molecular flexibility index (Phi) is 5.91. The van der Waals surface area contributed by atoms with Crippen molar-refractivity contribution in [3.63, 3.8) is 0 Å². The largest absolute Gasteiger partial charge is 0.377 e. The molecule has 0 spiro atoms. The molecule has 3 aromatic rings. The Balaban J connectivity index is 1.45. The number of thioether (sulfide) groups is 1. The van der Waals surface area contributed by atoms with Crippen LogP contribution >= 0.6 is 27.7 Å². The third-order valence-electron chi connectivity index (χ3n) is 4.49.